The van der Waals surface area contributed by atoms with Crippen LogP contribution in [0.15, 0.2) is 12.7 Å². The van der Waals surface area contributed by atoms with Crippen LogP contribution in [-0.2, 0) is 14.0 Å². The fraction of sp³-hybridized carbons (Fsp3) is 0.769. The molecule has 0 aromatic heterocycles. The Balaban J connectivity index is 2.56. The average Bonchev–Trinajstić information content (AvgIpc) is 2.54. The van der Waals surface area contributed by atoms with Crippen LogP contribution in [0, 0.1) is 5.92 Å². The van der Waals surface area contributed by atoms with E-state index in [1.807, 2.05) is 0 Å². The molecule has 0 N–H and O–H groups in total. The van der Waals surface area contributed by atoms with Gasteiger partial charge in [-0.05, 0) is 18.1 Å². The highest BCUT2D eigenvalue weighted by atomic mass is 28.4. The molecule has 0 radical (unpaired) electrons. The first-order valence-corrected chi connectivity index (χ1v) is 9.04. The number of hydrogen-bond acceptors (Lipinski definition) is 3. The highest BCUT2D eigenvalue weighted by Crippen LogP contribution is 2.37. The molecule has 3 nitrogen and oxygen atoms in total. The molecule has 0 bridgehead atoms. The van der Waals surface area contributed by atoms with Crippen molar-refractivity contribution >= 4 is 14.3 Å². The van der Waals surface area contributed by atoms with Crippen LogP contribution in [0.2, 0.25) is 18.1 Å². The Morgan fingerprint density at radius 1 is 1.53 bits per heavy atom. The zero-order valence-electron chi connectivity index (χ0n) is 11.6. The monoisotopic (exact) mass is 256 g/mol. The largest absolute Gasteiger partial charge is 0.459 e. The second kappa shape index (κ2) is 4.94. The zero-order chi connectivity index (χ0) is 13.3. The summed E-state index contributed by atoms with van der Waals surface area (Å²) in [5, 5.41) is 0.180. The van der Waals surface area contributed by atoms with E-state index in [-0.39, 0.29) is 23.0 Å². The van der Waals surface area contributed by atoms with Crippen molar-refractivity contribution in [2.45, 2.75) is 51.4 Å². The predicted octanol–water partition coefficient (Wildman–Crippen LogP) is 3.13. The lowest BCUT2D eigenvalue weighted by Gasteiger charge is -2.37. The van der Waals surface area contributed by atoms with Gasteiger partial charge in [-0.1, -0.05) is 26.8 Å². The molecule has 1 saturated heterocycles. The van der Waals surface area contributed by atoms with Gasteiger partial charge in [-0.15, -0.1) is 6.58 Å². The van der Waals surface area contributed by atoms with E-state index in [2.05, 4.69) is 40.4 Å². The summed E-state index contributed by atoms with van der Waals surface area (Å²) in [7, 11) is -1.76. The summed E-state index contributed by atoms with van der Waals surface area (Å²) in [5.74, 6) is -0.0361. The lowest BCUT2D eigenvalue weighted by molar-refractivity contribution is -0.142. The van der Waals surface area contributed by atoms with E-state index in [9.17, 15) is 4.79 Å². The number of cyclic esters (lactones) is 1. The van der Waals surface area contributed by atoms with E-state index in [0.717, 1.165) is 0 Å². The second-order valence-electron chi connectivity index (χ2n) is 6.20. The molecule has 0 amide bonds. The van der Waals surface area contributed by atoms with E-state index >= 15 is 0 Å². The van der Waals surface area contributed by atoms with Crippen molar-refractivity contribution in [1.29, 1.82) is 0 Å². The fourth-order valence-electron chi connectivity index (χ4n) is 1.53. The van der Waals surface area contributed by atoms with Crippen LogP contribution < -0.4 is 0 Å². The van der Waals surface area contributed by atoms with E-state index in [0.29, 0.717) is 13.0 Å². The number of esters is 1. The molecule has 0 aromatic rings. The SMILES string of the molecule is C=C[C@@H]1CC(=O)O[C@@H]1CO[Si](C)(C)C(C)(C)C. The van der Waals surface area contributed by atoms with Crippen molar-refractivity contribution in [2.24, 2.45) is 5.92 Å². The Morgan fingerprint density at radius 2 is 2.12 bits per heavy atom. The van der Waals surface area contributed by atoms with Gasteiger partial charge in [-0.2, -0.15) is 0 Å². The molecule has 0 spiro atoms. The quantitative estimate of drug-likeness (QED) is 0.440. The minimum Gasteiger partial charge on any atom is -0.459 e. The topological polar surface area (TPSA) is 35.5 Å². The second-order valence-corrected chi connectivity index (χ2v) is 11.0. The highest BCUT2D eigenvalue weighted by Gasteiger charge is 2.40. The molecule has 1 rings (SSSR count). The molecule has 17 heavy (non-hydrogen) atoms. The molecule has 2 atom stereocenters. The minimum atomic E-state index is -1.76. The van der Waals surface area contributed by atoms with Crippen molar-refractivity contribution in [3.63, 3.8) is 0 Å². The lowest BCUT2D eigenvalue weighted by atomic mass is 10.0. The van der Waals surface area contributed by atoms with Gasteiger partial charge in [0.1, 0.15) is 6.10 Å². The van der Waals surface area contributed by atoms with Gasteiger partial charge in [0.15, 0.2) is 8.32 Å². The maximum Gasteiger partial charge on any atom is 0.306 e. The number of rotatable bonds is 4. The summed E-state index contributed by atoms with van der Waals surface area (Å²) in [4.78, 5) is 11.2. The Kier molecular flexibility index (Phi) is 4.20. The Hall–Kier alpha value is -0.613. The molecular weight excluding hydrogens is 232 g/mol. The van der Waals surface area contributed by atoms with E-state index in [4.69, 9.17) is 9.16 Å². The van der Waals surface area contributed by atoms with Gasteiger partial charge in [0, 0.05) is 5.92 Å². The molecule has 0 aromatic carbocycles. The maximum absolute atomic E-state index is 11.2. The minimum absolute atomic E-state index is 0.104. The summed E-state index contributed by atoms with van der Waals surface area (Å²) >= 11 is 0. The van der Waals surface area contributed by atoms with Crippen LogP contribution in [0.1, 0.15) is 27.2 Å². The first-order chi connectivity index (χ1) is 7.67. The summed E-state index contributed by atoms with van der Waals surface area (Å²) in [6, 6.07) is 0. The number of hydrogen-bond donors (Lipinski definition) is 0. The molecule has 98 valence electrons. The Morgan fingerprint density at radius 3 is 2.59 bits per heavy atom. The third-order valence-corrected chi connectivity index (χ3v) is 8.38. The standard InChI is InChI=1S/C13H24O3Si/c1-7-10-8-12(14)16-11(10)9-15-17(5,6)13(2,3)4/h7,10-11H,1,8-9H2,2-6H3/t10-,11-/m1/s1. The Bertz CT molecular complexity index is 304. The molecule has 0 saturated carbocycles. The fourth-order valence-corrected chi connectivity index (χ4v) is 2.54. The van der Waals surface area contributed by atoms with Crippen molar-refractivity contribution in [2.75, 3.05) is 6.61 Å². The van der Waals surface area contributed by atoms with Gasteiger partial charge >= 0.3 is 5.97 Å². The van der Waals surface area contributed by atoms with Gasteiger partial charge < -0.3 is 9.16 Å². The molecule has 4 heteroatoms. The smallest absolute Gasteiger partial charge is 0.306 e. The van der Waals surface area contributed by atoms with Crippen LogP contribution in [0.3, 0.4) is 0 Å². The molecule has 0 aliphatic carbocycles. The average molecular weight is 256 g/mol. The van der Waals surface area contributed by atoms with Gasteiger partial charge in [0.05, 0.1) is 13.0 Å². The summed E-state index contributed by atoms with van der Waals surface area (Å²) in [6.07, 6.45) is 2.09. The molecule has 1 fully saturated rings. The third kappa shape index (κ3) is 3.42. The van der Waals surface area contributed by atoms with Crippen molar-refractivity contribution in [3.05, 3.63) is 12.7 Å². The van der Waals surface area contributed by atoms with E-state index < -0.39 is 8.32 Å². The van der Waals surface area contributed by atoms with E-state index in [1.54, 1.807) is 6.08 Å². The Labute approximate surface area is 105 Å². The first kappa shape index (κ1) is 14.4. The third-order valence-electron chi connectivity index (χ3n) is 3.88. The molecule has 1 heterocycles. The van der Waals surface area contributed by atoms with Crippen LogP contribution in [0.4, 0.5) is 0 Å². The summed E-state index contributed by atoms with van der Waals surface area (Å²) in [6.45, 7) is 15.2. The normalized spacial score (nSPS) is 25.8. The lowest BCUT2D eigenvalue weighted by Crippen LogP contribution is -2.43. The number of carbonyl (C=O) groups excluding carboxylic acids is 1. The van der Waals surface area contributed by atoms with E-state index in [1.165, 1.54) is 0 Å². The zero-order valence-corrected chi connectivity index (χ0v) is 12.6. The van der Waals surface area contributed by atoms with Crippen LogP contribution in [0.5, 0.6) is 0 Å². The maximum atomic E-state index is 11.2. The molecular formula is C13H24O3Si. The van der Waals surface area contributed by atoms with Gasteiger partial charge in [-0.25, -0.2) is 0 Å². The predicted molar refractivity (Wildman–Crippen MR) is 71.3 cm³/mol. The van der Waals surface area contributed by atoms with Crippen LogP contribution >= 0.6 is 0 Å². The van der Waals surface area contributed by atoms with Crippen LogP contribution in [-0.4, -0.2) is 27.0 Å². The molecule has 0 unspecified atom stereocenters. The van der Waals surface area contributed by atoms with Gasteiger partial charge in [0.25, 0.3) is 0 Å². The summed E-state index contributed by atoms with van der Waals surface area (Å²) in [5.41, 5.74) is 0. The van der Waals surface area contributed by atoms with Gasteiger partial charge in [0.2, 0.25) is 0 Å². The summed E-state index contributed by atoms with van der Waals surface area (Å²) < 4.78 is 11.3. The number of carbonyl (C=O) groups is 1. The van der Waals surface area contributed by atoms with Crippen molar-refractivity contribution < 1.29 is 14.0 Å². The molecule has 1 aliphatic rings. The van der Waals surface area contributed by atoms with Gasteiger partial charge in [-0.3, -0.25) is 4.79 Å². The number of ether oxygens (including phenoxy) is 1. The van der Waals surface area contributed by atoms with Crippen LogP contribution in [0.25, 0.3) is 0 Å². The van der Waals surface area contributed by atoms with Crippen molar-refractivity contribution in [1.82, 2.24) is 0 Å². The highest BCUT2D eigenvalue weighted by molar-refractivity contribution is 6.74. The first-order valence-electron chi connectivity index (χ1n) is 6.13. The van der Waals surface area contributed by atoms with Crippen molar-refractivity contribution in [3.8, 4) is 0 Å². The molecule has 1 aliphatic heterocycles.